The van der Waals surface area contributed by atoms with Crippen LogP contribution in [0.15, 0.2) is 25.8 Å². The second kappa shape index (κ2) is 3.22. The highest BCUT2D eigenvalue weighted by Crippen LogP contribution is 2.16. The van der Waals surface area contributed by atoms with Crippen molar-refractivity contribution in [3.05, 3.63) is 32.8 Å². The number of halogens is 1. The number of rotatable bonds is 1. The van der Waals surface area contributed by atoms with Crippen LogP contribution in [0.25, 0.3) is 0 Å². The van der Waals surface area contributed by atoms with E-state index >= 15 is 0 Å². The number of hydrogen-bond donors (Lipinski definition) is 0. The van der Waals surface area contributed by atoms with Gasteiger partial charge in [-0.1, -0.05) is 29.8 Å². The molecule has 0 fully saturated rings. The van der Waals surface area contributed by atoms with Crippen LogP contribution in [-0.2, 0) is 0 Å². The van der Waals surface area contributed by atoms with Gasteiger partial charge >= 0.3 is 5.63 Å². The molecule has 0 aromatic carbocycles. The molecular formula is C8H9BrO2. The van der Waals surface area contributed by atoms with E-state index in [1.165, 1.54) is 6.07 Å². The minimum absolute atomic E-state index is 0.250. The summed E-state index contributed by atoms with van der Waals surface area (Å²) < 4.78 is 5.71. The molecule has 0 saturated heterocycles. The Bertz CT molecular complexity index is 301. The third kappa shape index (κ3) is 2.19. The third-order valence-corrected chi connectivity index (χ3v) is 1.78. The Hall–Kier alpha value is -0.570. The topological polar surface area (TPSA) is 30.2 Å². The van der Waals surface area contributed by atoms with E-state index in [1.807, 2.05) is 19.9 Å². The lowest BCUT2D eigenvalue weighted by Crippen LogP contribution is -2.00. The Morgan fingerprint density at radius 1 is 1.45 bits per heavy atom. The van der Waals surface area contributed by atoms with Crippen LogP contribution in [-0.4, -0.2) is 0 Å². The standard InChI is InChI=1S/C8H9BrO2/c1-5(2)7-3-6(9)4-8(10)11-7/h3-5H,1-2H3. The molecule has 1 aromatic heterocycles. The van der Waals surface area contributed by atoms with Gasteiger partial charge in [-0.2, -0.15) is 0 Å². The zero-order valence-electron chi connectivity index (χ0n) is 6.43. The molecule has 0 bridgehead atoms. The summed E-state index contributed by atoms with van der Waals surface area (Å²) in [6.45, 7) is 3.95. The van der Waals surface area contributed by atoms with Crippen molar-refractivity contribution in [2.75, 3.05) is 0 Å². The van der Waals surface area contributed by atoms with Crippen LogP contribution in [0.5, 0.6) is 0 Å². The van der Waals surface area contributed by atoms with E-state index in [1.54, 1.807) is 0 Å². The average Bonchev–Trinajstić information content (AvgIpc) is 1.85. The molecule has 0 saturated carbocycles. The molecule has 1 aromatic rings. The van der Waals surface area contributed by atoms with Gasteiger partial charge in [0.15, 0.2) is 0 Å². The molecule has 1 heterocycles. The van der Waals surface area contributed by atoms with E-state index in [4.69, 9.17) is 4.42 Å². The lowest BCUT2D eigenvalue weighted by atomic mass is 10.1. The van der Waals surface area contributed by atoms with Crippen molar-refractivity contribution in [2.24, 2.45) is 0 Å². The smallest absolute Gasteiger partial charge is 0.336 e. The van der Waals surface area contributed by atoms with E-state index in [0.717, 1.165) is 4.47 Å². The van der Waals surface area contributed by atoms with Crippen molar-refractivity contribution < 1.29 is 4.42 Å². The molecule has 2 nitrogen and oxygen atoms in total. The molecule has 0 spiro atoms. The maximum Gasteiger partial charge on any atom is 0.336 e. The van der Waals surface area contributed by atoms with E-state index in [9.17, 15) is 4.79 Å². The predicted molar refractivity (Wildman–Crippen MR) is 46.8 cm³/mol. The van der Waals surface area contributed by atoms with E-state index in [-0.39, 0.29) is 11.5 Å². The SMILES string of the molecule is CC(C)c1cc(Br)cc(=O)o1. The van der Waals surface area contributed by atoms with Crippen LogP contribution in [0.3, 0.4) is 0 Å². The summed E-state index contributed by atoms with van der Waals surface area (Å²) in [4.78, 5) is 10.8. The molecule has 0 N–H and O–H groups in total. The highest BCUT2D eigenvalue weighted by atomic mass is 79.9. The highest BCUT2D eigenvalue weighted by molar-refractivity contribution is 9.10. The Balaban J connectivity index is 3.19. The highest BCUT2D eigenvalue weighted by Gasteiger charge is 2.03. The first-order chi connectivity index (χ1) is 5.09. The zero-order valence-corrected chi connectivity index (χ0v) is 8.01. The molecule has 0 unspecified atom stereocenters. The largest absolute Gasteiger partial charge is 0.428 e. The molecule has 60 valence electrons. The van der Waals surface area contributed by atoms with Gasteiger partial charge in [0.05, 0.1) is 0 Å². The van der Waals surface area contributed by atoms with Crippen molar-refractivity contribution in [1.29, 1.82) is 0 Å². The summed E-state index contributed by atoms with van der Waals surface area (Å²) in [5.74, 6) is 0.963. The molecule has 0 aliphatic heterocycles. The van der Waals surface area contributed by atoms with Crippen molar-refractivity contribution in [3.63, 3.8) is 0 Å². The first-order valence-corrected chi connectivity index (χ1v) is 4.19. The van der Waals surface area contributed by atoms with Gasteiger partial charge in [-0.25, -0.2) is 4.79 Å². The minimum atomic E-state index is -0.303. The molecule has 0 amide bonds. The molecule has 3 heteroatoms. The maximum absolute atomic E-state index is 10.8. The molecule has 0 aliphatic rings. The summed E-state index contributed by atoms with van der Waals surface area (Å²) in [6, 6.07) is 3.22. The van der Waals surface area contributed by atoms with Gasteiger partial charge in [0.1, 0.15) is 5.76 Å². The van der Waals surface area contributed by atoms with Crippen molar-refractivity contribution in [3.8, 4) is 0 Å². The molecule has 0 radical (unpaired) electrons. The first-order valence-electron chi connectivity index (χ1n) is 3.40. The van der Waals surface area contributed by atoms with Crippen molar-refractivity contribution in [1.82, 2.24) is 0 Å². The second-order valence-corrected chi connectivity index (χ2v) is 3.57. The first kappa shape index (κ1) is 8.53. The second-order valence-electron chi connectivity index (χ2n) is 2.65. The van der Waals surface area contributed by atoms with Gasteiger partial charge in [-0.05, 0) is 6.07 Å². The lowest BCUT2D eigenvalue weighted by molar-refractivity contribution is 0.439. The normalized spacial score (nSPS) is 10.5. The summed E-state index contributed by atoms with van der Waals surface area (Å²) in [6.07, 6.45) is 0. The Labute approximate surface area is 73.4 Å². The fraction of sp³-hybridized carbons (Fsp3) is 0.375. The van der Waals surface area contributed by atoms with Gasteiger partial charge < -0.3 is 4.42 Å². The van der Waals surface area contributed by atoms with Crippen LogP contribution in [0.4, 0.5) is 0 Å². The van der Waals surface area contributed by atoms with E-state index in [0.29, 0.717) is 5.76 Å². The van der Waals surface area contributed by atoms with Crippen molar-refractivity contribution in [2.45, 2.75) is 19.8 Å². The van der Waals surface area contributed by atoms with Gasteiger partial charge in [0.25, 0.3) is 0 Å². The molecule has 0 aliphatic carbocycles. The quantitative estimate of drug-likeness (QED) is 0.723. The third-order valence-electron chi connectivity index (χ3n) is 1.32. The zero-order chi connectivity index (χ0) is 8.43. The van der Waals surface area contributed by atoms with Gasteiger partial charge in [0.2, 0.25) is 0 Å². The van der Waals surface area contributed by atoms with E-state index in [2.05, 4.69) is 15.9 Å². The Morgan fingerprint density at radius 2 is 2.09 bits per heavy atom. The Morgan fingerprint density at radius 3 is 2.55 bits per heavy atom. The lowest BCUT2D eigenvalue weighted by Gasteiger charge is -2.01. The van der Waals surface area contributed by atoms with Crippen LogP contribution in [0.2, 0.25) is 0 Å². The monoisotopic (exact) mass is 216 g/mol. The molecular weight excluding hydrogens is 208 g/mol. The van der Waals surface area contributed by atoms with E-state index < -0.39 is 0 Å². The minimum Gasteiger partial charge on any atom is -0.428 e. The maximum atomic E-state index is 10.8. The molecule has 1 rings (SSSR count). The molecule has 11 heavy (non-hydrogen) atoms. The fourth-order valence-corrected chi connectivity index (χ4v) is 1.16. The van der Waals surface area contributed by atoms with Gasteiger partial charge in [-0.15, -0.1) is 0 Å². The molecule has 0 atom stereocenters. The van der Waals surface area contributed by atoms with Crippen LogP contribution >= 0.6 is 15.9 Å². The summed E-state index contributed by atoms with van der Waals surface area (Å²) in [7, 11) is 0. The van der Waals surface area contributed by atoms with Crippen LogP contribution < -0.4 is 5.63 Å². The fourth-order valence-electron chi connectivity index (χ4n) is 0.750. The average molecular weight is 217 g/mol. The van der Waals surface area contributed by atoms with Crippen molar-refractivity contribution >= 4 is 15.9 Å². The summed E-state index contributed by atoms with van der Waals surface area (Å²) >= 11 is 3.22. The van der Waals surface area contributed by atoms with Gasteiger partial charge in [-0.3, -0.25) is 0 Å². The Kier molecular flexibility index (Phi) is 2.49. The summed E-state index contributed by atoms with van der Waals surface area (Å²) in [5.41, 5.74) is -0.303. The predicted octanol–water partition coefficient (Wildman–Crippen LogP) is 2.53. The van der Waals surface area contributed by atoms with Crippen LogP contribution in [0.1, 0.15) is 25.5 Å². The summed E-state index contributed by atoms with van der Waals surface area (Å²) in [5, 5.41) is 0. The number of hydrogen-bond acceptors (Lipinski definition) is 2. The van der Waals surface area contributed by atoms with Crippen LogP contribution in [0, 0.1) is 0 Å². The van der Waals surface area contributed by atoms with Gasteiger partial charge in [0, 0.05) is 16.5 Å².